The number of likely N-dealkylation sites (tertiary alicyclic amines) is 1. The van der Waals surface area contributed by atoms with Crippen LogP contribution < -0.4 is 14.8 Å². The number of nitrogens with one attached hydrogen (secondary N) is 1. The Morgan fingerprint density at radius 1 is 1.20 bits per heavy atom. The number of imide groups is 1. The van der Waals surface area contributed by atoms with Crippen LogP contribution in [0.15, 0.2) is 18.2 Å². The van der Waals surface area contributed by atoms with Crippen molar-refractivity contribution in [2.75, 3.05) is 27.3 Å². The number of para-hydroxylation sites is 1. The van der Waals surface area contributed by atoms with Crippen LogP contribution in [0.4, 0.5) is 4.79 Å². The molecule has 8 nitrogen and oxygen atoms in total. The molecule has 0 spiro atoms. The highest BCUT2D eigenvalue weighted by Gasteiger charge is 2.53. The van der Waals surface area contributed by atoms with Crippen LogP contribution in [0.1, 0.15) is 45.1 Å². The third-order valence-electron chi connectivity index (χ3n) is 6.24. The van der Waals surface area contributed by atoms with Crippen molar-refractivity contribution in [2.45, 2.75) is 51.6 Å². The molecule has 8 heteroatoms. The first-order valence-electron chi connectivity index (χ1n) is 10.5. The van der Waals surface area contributed by atoms with Crippen molar-refractivity contribution < 1.29 is 23.9 Å². The predicted octanol–water partition coefficient (Wildman–Crippen LogP) is 2.55. The first-order chi connectivity index (χ1) is 14.3. The Kier molecular flexibility index (Phi) is 6.53. The van der Waals surface area contributed by atoms with E-state index in [0.717, 1.165) is 6.42 Å². The molecule has 1 aromatic rings. The quantitative estimate of drug-likeness (QED) is 0.689. The molecule has 0 saturated carbocycles. The van der Waals surface area contributed by atoms with E-state index in [9.17, 15) is 14.4 Å². The number of rotatable bonds is 7. The highest BCUT2D eigenvalue weighted by Crippen LogP contribution is 2.36. The number of nitrogens with zero attached hydrogens (tertiary/aromatic N) is 2. The van der Waals surface area contributed by atoms with Gasteiger partial charge in [0, 0.05) is 25.1 Å². The number of hydrogen-bond acceptors (Lipinski definition) is 5. The van der Waals surface area contributed by atoms with Gasteiger partial charge >= 0.3 is 6.03 Å². The second-order valence-corrected chi connectivity index (χ2v) is 8.08. The van der Waals surface area contributed by atoms with Crippen LogP contribution in [0.5, 0.6) is 11.5 Å². The van der Waals surface area contributed by atoms with E-state index in [4.69, 9.17) is 9.47 Å². The molecule has 164 valence electrons. The lowest BCUT2D eigenvalue weighted by atomic mass is 9.78. The molecule has 3 rings (SSSR count). The lowest BCUT2D eigenvalue weighted by Crippen LogP contribution is -2.54. The van der Waals surface area contributed by atoms with Crippen molar-refractivity contribution in [3.63, 3.8) is 0 Å². The molecule has 1 N–H and O–H groups in total. The number of methoxy groups -OCH3 is 2. The molecule has 1 unspecified atom stereocenters. The molecule has 0 radical (unpaired) electrons. The Morgan fingerprint density at radius 2 is 1.90 bits per heavy atom. The van der Waals surface area contributed by atoms with Crippen molar-refractivity contribution in [2.24, 2.45) is 5.92 Å². The van der Waals surface area contributed by atoms with Crippen LogP contribution in [-0.4, -0.2) is 60.5 Å². The van der Waals surface area contributed by atoms with Gasteiger partial charge in [-0.15, -0.1) is 0 Å². The van der Waals surface area contributed by atoms with Gasteiger partial charge in [-0.25, -0.2) is 4.79 Å². The first-order valence-corrected chi connectivity index (χ1v) is 10.5. The largest absolute Gasteiger partial charge is 0.493 e. The van der Waals surface area contributed by atoms with Crippen LogP contribution in [-0.2, 0) is 16.1 Å². The molecule has 0 bridgehead atoms. The predicted molar refractivity (Wildman–Crippen MR) is 111 cm³/mol. The number of carbonyl (C=O) groups is 3. The maximum atomic E-state index is 13.3. The molecule has 1 atom stereocenters. The summed E-state index contributed by atoms with van der Waals surface area (Å²) in [6.07, 6.45) is 2.75. The first kappa shape index (κ1) is 21.9. The standard InChI is InChI=1S/C22H31N3O5/c1-5-7-18(26)24-12-10-16(11-13-24)22(2)20(27)25(21(28)23-22)14-15-8-6-9-17(29-3)19(15)30-4/h6,8-9,16H,5,7,10-14H2,1-4H3,(H,23,28). The second kappa shape index (κ2) is 8.93. The van der Waals surface area contributed by atoms with Crippen LogP contribution in [0, 0.1) is 5.92 Å². The molecule has 2 heterocycles. The lowest BCUT2D eigenvalue weighted by molar-refractivity contribution is -0.135. The molecule has 2 fully saturated rings. The normalized spacial score (nSPS) is 22.3. The summed E-state index contributed by atoms with van der Waals surface area (Å²) in [6.45, 7) is 5.13. The summed E-state index contributed by atoms with van der Waals surface area (Å²) in [5, 5.41) is 2.92. The number of piperidine rings is 1. The number of benzene rings is 1. The summed E-state index contributed by atoms with van der Waals surface area (Å²) in [5.74, 6) is 0.966. The maximum absolute atomic E-state index is 13.3. The number of ether oxygens (including phenoxy) is 2. The van der Waals surface area contributed by atoms with E-state index < -0.39 is 11.6 Å². The molecular formula is C22H31N3O5. The van der Waals surface area contributed by atoms with Crippen molar-refractivity contribution in [1.82, 2.24) is 15.1 Å². The Morgan fingerprint density at radius 3 is 2.50 bits per heavy atom. The highest BCUT2D eigenvalue weighted by atomic mass is 16.5. The van der Waals surface area contributed by atoms with Gasteiger partial charge in [0.1, 0.15) is 5.54 Å². The number of carbonyl (C=O) groups excluding carboxylic acids is 3. The third kappa shape index (κ3) is 3.95. The minimum absolute atomic E-state index is 0.0168. The summed E-state index contributed by atoms with van der Waals surface area (Å²) in [7, 11) is 3.08. The fourth-order valence-electron chi connectivity index (χ4n) is 4.46. The second-order valence-electron chi connectivity index (χ2n) is 8.08. The molecule has 2 aliphatic heterocycles. The Hall–Kier alpha value is -2.77. The Bertz CT molecular complexity index is 819. The maximum Gasteiger partial charge on any atom is 0.325 e. The summed E-state index contributed by atoms with van der Waals surface area (Å²) < 4.78 is 10.8. The molecule has 1 aromatic carbocycles. The van der Waals surface area contributed by atoms with Gasteiger partial charge in [0.25, 0.3) is 5.91 Å². The summed E-state index contributed by atoms with van der Waals surface area (Å²) >= 11 is 0. The monoisotopic (exact) mass is 417 g/mol. The van der Waals surface area contributed by atoms with Gasteiger partial charge in [0.15, 0.2) is 11.5 Å². The van der Waals surface area contributed by atoms with Gasteiger partial charge in [0.05, 0.1) is 20.8 Å². The van der Waals surface area contributed by atoms with Gasteiger partial charge in [-0.1, -0.05) is 19.1 Å². The molecule has 30 heavy (non-hydrogen) atoms. The molecule has 0 aromatic heterocycles. The molecule has 2 aliphatic rings. The molecule has 4 amide bonds. The molecular weight excluding hydrogens is 386 g/mol. The summed E-state index contributed by atoms with van der Waals surface area (Å²) in [5.41, 5.74) is -0.270. The van der Waals surface area contributed by atoms with Crippen molar-refractivity contribution in [3.8, 4) is 11.5 Å². The Labute approximate surface area is 177 Å². The van der Waals surface area contributed by atoms with Gasteiger partial charge in [-0.05, 0) is 38.2 Å². The van der Waals surface area contributed by atoms with Crippen LogP contribution in [0.25, 0.3) is 0 Å². The van der Waals surface area contributed by atoms with Gasteiger partial charge < -0.3 is 19.7 Å². The average Bonchev–Trinajstić information content (AvgIpc) is 2.97. The topological polar surface area (TPSA) is 88.2 Å². The minimum Gasteiger partial charge on any atom is -0.493 e. The van der Waals surface area contributed by atoms with E-state index in [1.54, 1.807) is 26.2 Å². The summed E-state index contributed by atoms with van der Waals surface area (Å²) in [6, 6.07) is 4.98. The van der Waals surface area contributed by atoms with Crippen LogP contribution in [0.2, 0.25) is 0 Å². The van der Waals surface area contributed by atoms with E-state index in [1.165, 1.54) is 12.0 Å². The molecule has 0 aliphatic carbocycles. The summed E-state index contributed by atoms with van der Waals surface area (Å²) in [4.78, 5) is 41.3. The SMILES string of the molecule is CCCC(=O)N1CCC(C2(C)NC(=O)N(Cc3cccc(OC)c3OC)C2=O)CC1. The zero-order chi connectivity index (χ0) is 21.9. The zero-order valence-electron chi connectivity index (χ0n) is 18.2. The fourth-order valence-corrected chi connectivity index (χ4v) is 4.46. The minimum atomic E-state index is -0.969. The Balaban J connectivity index is 1.73. The highest BCUT2D eigenvalue weighted by molar-refractivity contribution is 6.07. The zero-order valence-corrected chi connectivity index (χ0v) is 18.2. The fraction of sp³-hybridized carbons (Fsp3) is 0.591. The molecule has 2 saturated heterocycles. The third-order valence-corrected chi connectivity index (χ3v) is 6.24. The van der Waals surface area contributed by atoms with Crippen LogP contribution in [0.3, 0.4) is 0 Å². The van der Waals surface area contributed by atoms with E-state index >= 15 is 0 Å². The number of hydrogen-bond donors (Lipinski definition) is 1. The van der Waals surface area contributed by atoms with Crippen molar-refractivity contribution in [1.29, 1.82) is 0 Å². The van der Waals surface area contributed by atoms with Crippen molar-refractivity contribution in [3.05, 3.63) is 23.8 Å². The number of urea groups is 1. The average molecular weight is 418 g/mol. The van der Waals surface area contributed by atoms with Gasteiger partial charge in [-0.3, -0.25) is 14.5 Å². The van der Waals surface area contributed by atoms with E-state index in [-0.39, 0.29) is 24.3 Å². The van der Waals surface area contributed by atoms with E-state index in [2.05, 4.69) is 5.32 Å². The number of amides is 4. The smallest absolute Gasteiger partial charge is 0.325 e. The van der Waals surface area contributed by atoms with Crippen molar-refractivity contribution >= 4 is 17.8 Å². The lowest BCUT2D eigenvalue weighted by Gasteiger charge is -2.39. The van der Waals surface area contributed by atoms with Gasteiger partial charge in [0.2, 0.25) is 5.91 Å². The van der Waals surface area contributed by atoms with E-state index in [1.807, 2.05) is 17.9 Å². The van der Waals surface area contributed by atoms with E-state index in [0.29, 0.717) is 49.4 Å². The van der Waals surface area contributed by atoms with Crippen LogP contribution >= 0.6 is 0 Å². The van der Waals surface area contributed by atoms with Gasteiger partial charge in [-0.2, -0.15) is 0 Å².